The van der Waals surface area contributed by atoms with Crippen LogP contribution in [0, 0.1) is 6.57 Å². The fourth-order valence-corrected chi connectivity index (χ4v) is 2.05. The molecular formula is C14H12F3N3O2. The minimum atomic E-state index is -4.67. The van der Waals surface area contributed by atoms with Gasteiger partial charge in [0.2, 0.25) is 5.60 Å². The number of hydrogen-bond donors (Lipinski definition) is 1. The van der Waals surface area contributed by atoms with Gasteiger partial charge < -0.3 is 10.2 Å². The number of hydrogen-bond acceptors (Lipinski definition) is 3. The zero-order valence-corrected chi connectivity index (χ0v) is 11.8. The molecule has 0 saturated carbocycles. The summed E-state index contributed by atoms with van der Waals surface area (Å²) in [5.41, 5.74) is -2.30. The monoisotopic (exact) mass is 311 g/mol. The van der Waals surface area contributed by atoms with E-state index in [1.165, 1.54) is 13.0 Å². The number of carbonyl (C=O) groups excluding carboxylic acids is 1. The van der Waals surface area contributed by atoms with Crippen molar-refractivity contribution in [3.8, 4) is 0 Å². The van der Waals surface area contributed by atoms with Crippen molar-refractivity contribution in [1.82, 2.24) is 0 Å². The largest absolute Gasteiger partial charge is 0.407 e. The predicted octanol–water partition coefficient (Wildman–Crippen LogP) is 3.75. The van der Waals surface area contributed by atoms with E-state index in [4.69, 9.17) is 11.4 Å². The topological polar surface area (TPSA) is 55.0 Å². The van der Waals surface area contributed by atoms with Crippen LogP contribution in [0.15, 0.2) is 23.4 Å². The normalized spacial score (nSPS) is 20.8. The van der Waals surface area contributed by atoms with Crippen molar-refractivity contribution >= 4 is 23.0 Å². The minimum absolute atomic E-state index is 0.0564. The Hall–Kier alpha value is -2.56. The first-order chi connectivity index (χ1) is 10.2. The van der Waals surface area contributed by atoms with Crippen molar-refractivity contribution in [3.05, 3.63) is 35.2 Å². The fourth-order valence-electron chi connectivity index (χ4n) is 2.05. The van der Waals surface area contributed by atoms with Crippen LogP contribution in [0.3, 0.4) is 0 Å². The summed E-state index contributed by atoms with van der Waals surface area (Å²) in [7, 11) is 0. The fraction of sp³-hybridized carbons (Fsp3) is 0.357. The van der Waals surface area contributed by atoms with Gasteiger partial charge in [-0.2, -0.15) is 13.2 Å². The highest BCUT2D eigenvalue weighted by Gasteiger charge is 2.41. The Bertz CT molecular complexity index is 692. The quantitative estimate of drug-likeness (QED) is 0.846. The van der Waals surface area contributed by atoms with E-state index in [1.54, 1.807) is 6.92 Å². The molecule has 1 atom stereocenters. The molecule has 0 fully saturated rings. The molecule has 1 N–H and O–H groups in total. The van der Waals surface area contributed by atoms with Crippen molar-refractivity contribution in [1.29, 1.82) is 0 Å². The van der Waals surface area contributed by atoms with Gasteiger partial charge >= 0.3 is 6.18 Å². The number of amides is 1. The van der Waals surface area contributed by atoms with Gasteiger partial charge in [-0.15, -0.1) is 0 Å². The third-order valence-corrected chi connectivity index (χ3v) is 3.16. The lowest BCUT2D eigenvalue weighted by Crippen LogP contribution is -2.40. The third-order valence-electron chi connectivity index (χ3n) is 3.16. The second kappa shape index (κ2) is 5.33. The molecule has 1 aromatic carbocycles. The van der Waals surface area contributed by atoms with Crippen LogP contribution in [0.2, 0.25) is 0 Å². The lowest BCUT2D eigenvalue weighted by atomic mass is 9.99. The van der Waals surface area contributed by atoms with E-state index in [1.807, 2.05) is 0 Å². The molecule has 1 aromatic rings. The molecule has 0 spiro atoms. The number of anilines is 1. The Morgan fingerprint density at radius 3 is 2.68 bits per heavy atom. The summed E-state index contributed by atoms with van der Waals surface area (Å²) in [6.07, 6.45) is -4.42. The summed E-state index contributed by atoms with van der Waals surface area (Å²) in [6.45, 7) is 9.95. The van der Waals surface area contributed by atoms with Crippen LogP contribution in [0.25, 0.3) is 4.85 Å². The van der Waals surface area contributed by atoms with E-state index in [-0.39, 0.29) is 12.1 Å². The maximum Gasteiger partial charge on any atom is 0.407 e. The molecule has 0 bridgehead atoms. The molecule has 0 aromatic heterocycles. The van der Waals surface area contributed by atoms with E-state index >= 15 is 0 Å². The van der Waals surface area contributed by atoms with Crippen LogP contribution in [-0.2, 0) is 15.8 Å². The molecule has 22 heavy (non-hydrogen) atoms. The average Bonchev–Trinajstić information content (AvgIpc) is 2.79. The van der Waals surface area contributed by atoms with Crippen molar-refractivity contribution < 1.29 is 22.8 Å². The third kappa shape index (κ3) is 3.03. The van der Waals surface area contributed by atoms with Gasteiger partial charge in [0.05, 0.1) is 17.8 Å². The number of carbonyl (C=O) groups is 1. The zero-order valence-electron chi connectivity index (χ0n) is 11.8. The molecule has 1 aliphatic heterocycles. The van der Waals surface area contributed by atoms with Crippen molar-refractivity contribution in [2.24, 2.45) is 5.16 Å². The smallest absolute Gasteiger partial charge is 0.379 e. The molecule has 0 aliphatic carbocycles. The summed E-state index contributed by atoms with van der Waals surface area (Å²) >= 11 is 0. The second-order valence-electron chi connectivity index (χ2n) is 5.12. The highest BCUT2D eigenvalue weighted by Crippen LogP contribution is 2.38. The Kier molecular flexibility index (Phi) is 3.83. The van der Waals surface area contributed by atoms with Crippen LogP contribution < -0.4 is 5.32 Å². The van der Waals surface area contributed by atoms with Crippen LogP contribution in [0.1, 0.15) is 25.8 Å². The molecule has 1 heterocycles. The maximum atomic E-state index is 12.9. The molecule has 116 valence electrons. The van der Waals surface area contributed by atoms with Crippen LogP contribution in [0.5, 0.6) is 0 Å². The van der Waals surface area contributed by atoms with Gasteiger partial charge in [0.15, 0.2) is 5.69 Å². The SMILES string of the molecule is [C-]#[N+]c1ccc(NC(=O)C2(C)CC(C)=NO2)cc1C(F)(F)F. The standard InChI is InChI=1S/C14H12F3N3O2/c1-8-7-13(2,22-20-8)12(21)19-9-4-5-11(18-3)10(6-9)14(15,16)17/h4-6H,7H2,1-2H3,(H,19,21). The number of rotatable bonds is 2. The van der Waals surface area contributed by atoms with Gasteiger partial charge in [0.1, 0.15) is 0 Å². The van der Waals surface area contributed by atoms with E-state index in [0.717, 1.165) is 12.1 Å². The van der Waals surface area contributed by atoms with E-state index in [2.05, 4.69) is 15.3 Å². The number of halogens is 3. The maximum absolute atomic E-state index is 12.9. The Morgan fingerprint density at radius 1 is 1.50 bits per heavy atom. The highest BCUT2D eigenvalue weighted by atomic mass is 19.4. The molecule has 1 aliphatic rings. The Morgan fingerprint density at radius 2 is 2.18 bits per heavy atom. The first kappa shape index (κ1) is 15.8. The molecule has 8 heteroatoms. The van der Waals surface area contributed by atoms with Crippen molar-refractivity contribution in [2.45, 2.75) is 32.0 Å². The van der Waals surface area contributed by atoms with Gasteiger partial charge in [-0.25, -0.2) is 4.85 Å². The average molecular weight is 311 g/mol. The number of oxime groups is 1. The summed E-state index contributed by atoms with van der Waals surface area (Å²) in [6, 6.07) is 2.99. The van der Waals surface area contributed by atoms with Crippen LogP contribution in [-0.4, -0.2) is 17.2 Å². The number of alkyl halides is 3. The van der Waals surface area contributed by atoms with Crippen molar-refractivity contribution in [2.75, 3.05) is 5.32 Å². The van der Waals surface area contributed by atoms with Gasteiger partial charge in [0, 0.05) is 12.1 Å². The van der Waals surface area contributed by atoms with Crippen LogP contribution in [0.4, 0.5) is 24.5 Å². The summed E-state index contributed by atoms with van der Waals surface area (Å²) < 4.78 is 38.6. The predicted molar refractivity (Wildman–Crippen MR) is 73.6 cm³/mol. The number of nitrogens with zero attached hydrogens (tertiary/aromatic N) is 2. The molecule has 0 saturated heterocycles. The van der Waals surface area contributed by atoms with E-state index in [0.29, 0.717) is 5.71 Å². The minimum Gasteiger partial charge on any atom is -0.379 e. The lowest BCUT2D eigenvalue weighted by Gasteiger charge is -2.21. The molecule has 2 rings (SSSR count). The first-order valence-electron chi connectivity index (χ1n) is 6.27. The zero-order chi connectivity index (χ0) is 16.5. The van der Waals surface area contributed by atoms with Gasteiger partial charge in [-0.3, -0.25) is 4.79 Å². The molecular weight excluding hydrogens is 299 g/mol. The molecule has 1 amide bonds. The van der Waals surface area contributed by atoms with Gasteiger partial charge in [-0.05, 0) is 26.0 Å². The number of nitrogens with one attached hydrogen (secondary N) is 1. The Labute approximate surface area is 124 Å². The summed E-state index contributed by atoms with van der Waals surface area (Å²) in [5.74, 6) is -0.600. The van der Waals surface area contributed by atoms with E-state index in [9.17, 15) is 18.0 Å². The lowest BCUT2D eigenvalue weighted by molar-refractivity contribution is -0.137. The number of benzene rings is 1. The highest BCUT2D eigenvalue weighted by molar-refractivity contribution is 6.01. The van der Waals surface area contributed by atoms with Gasteiger partial charge in [0.25, 0.3) is 5.91 Å². The molecule has 1 unspecified atom stereocenters. The first-order valence-corrected chi connectivity index (χ1v) is 6.27. The van der Waals surface area contributed by atoms with Crippen molar-refractivity contribution in [3.63, 3.8) is 0 Å². The van der Waals surface area contributed by atoms with Gasteiger partial charge in [-0.1, -0.05) is 11.2 Å². The Balaban J connectivity index is 2.25. The van der Waals surface area contributed by atoms with Crippen LogP contribution >= 0.6 is 0 Å². The summed E-state index contributed by atoms with van der Waals surface area (Å²) in [4.78, 5) is 20.0. The molecule has 0 radical (unpaired) electrons. The summed E-state index contributed by atoms with van der Waals surface area (Å²) in [5, 5.41) is 6.04. The van der Waals surface area contributed by atoms with E-state index < -0.39 is 28.9 Å². The molecule has 5 nitrogen and oxygen atoms in total. The second-order valence-corrected chi connectivity index (χ2v) is 5.12.